The second-order valence-corrected chi connectivity index (χ2v) is 9.08. The summed E-state index contributed by atoms with van der Waals surface area (Å²) in [6.07, 6.45) is -5.55. The van der Waals surface area contributed by atoms with Crippen molar-refractivity contribution < 1.29 is 27.4 Å². The van der Waals surface area contributed by atoms with Gasteiger partial charge in [-0.05, 0) is 36.4 Å². The van der Waals surface area contributed by atoms with E-state index < -0.39 is 29.3 Å². The van der Waals surface area contributed by atoms with E-state index in [4.69, 9.17) is 9.47 Å². The van der Waals surface area contributed by atoms with Crippen molar-refractivity contribution in [3.8, 4) is 11.5 Å². The quantitative estimate of drug-likeness (QED) is 0.283. The van der Waals surface area contributed by atoms with Crippen LogP contribution in [0.2, 0.25) is 0 Å². The van der Waals surface area contributed by atoms with Crippen LogP contribution >= 0.6 is 0 Å². The van der Waals surface area contributed by atoms with Gasteiger partial charge < -0.3 is 14.2 Å². The molecule has 0 amide bonds. The van der Waals surface area contributed by atoms with E-state index >= 15 is 0 Å². The molecule has 0 aliphatic carbocycles. The topological polar surface area (TPSA) is 27.7 Å². The van der Waals surface area contributed by atoms with E-state index in [2.05, 4.69) is 4.74 Å². The molecular formula is C24H24F3O3S+. The van der Waals surface area contributed by atoms with Crippen LogP contribution in [0.25, 0.3) is 0 Å². The predicted octanol–water partition coefficient (Wildman–Crippen LogP) is 6.69. The molecule has 0 N–H and O–H groups in total. The number of halogens is 3. The molecule has 7 heteroatoms. The van der Waals surface area contributed by atoms with Gasteiger partial charge in [-0.25, -0.2) is 0 Å². The molecule has 1 atom stereocenters. The van der Waals surface area contributed by atoms with Crippen LogP contribution in [0.5, 0.6) is 11.5 Å². The third-order valence-corrected chi connectivity index (χ3v) is 6.57. The van der Waals surface area contributed by atoms with Gasteiger partial charge in [-0.15, -0.1) is 13.2 Å². The van der Waals surface area contributed by atoms with E-state index in [0.717, 1.165) is 14.7 Å². The van der Waals surface area contributed by atoms with Crippen LogP contribution in [0.3, 0.4) is 0 Å². The summed E-state index contributed by atoms with van der Waals surface area (Å²) >= 11 is 0. The first-order valence-corrected chi connectivity index (χ1v) is 10.9. The largest absolute Gasteiger partial charge is 0.573 e. The standard InChI is InChI=1S/C24H24F3O3S/c1-17(2)23(28-3)29-22-16-20(14-15-21(22)30-24(25,26)27)31(18-10-6-4-7-11-18)19-12-8-5-9-13-19/h4-17,23H,1-3H3/q+1. The van der Waals surface area contributed by atoms with E-state index in [1.165, 1.54) is 13.2 Å². The summed E-state index contributed by atoms with van der Waals surface area (Å²) in [4.78, 5) is 2.88. The van der Waals surface area contributed by atoms with Gasteiger partial charge in [-0.1, -0.05) is 50.2 Å². The molecule has 3 aromatic carbocycles. The fourth-order valence-electron chi connectivity index (χ4n) is 3.02. The molecule has 31 heavy (non-hydrogen) atoms. The molecule has 0 saturated heterocycles. The summed E-state index contributed by atoms with van der Waals surface area (Å²) in [7, 11) is 0.914. The molecule has 164 valence electrons. The Morgan fingerprint density at radius 3 is 1.74 bits per heavy atom. The molecule has 0 heterocycles. The van der Waals surface area contributed by atoms with Crippen LogP contribution in [-0.2, 0) is 15.6 Å². The average Bonchev–Trinajstić information content (AvgIpc) is 2.74. The summed E-state index contributed by atoms with van der Waals surface area (Å²) in [5.41, 5.74) is 0. The molecule has 3 aromatic rings. The van der Waals surface area contributed by atoms with Gasteiger partial charge in [0.25, 0.3) is 0 Å². The summed E-state index contributed by atoms with van der Waals surface area (Å²) in [5, 5.41) is 0. The lowest BCUT2D eigenvalue weighted by Crippen LogP contribution is -2.26. The minimum atomic E-state index is -4.83. The monoisotopic (exact) mass is 449 g/mol. The minimum absolute atomic E-state index is 0.0141. The number of ether oxygens (including phenoxy) is 3. The zero-order valence-corrected chi connectivity index (χ0v) is 18.2. The van der Waals surface area contributed by atoms with Gasteiger partial charge in [0, 0.05) is 19.1 Å². The first kappa shape index (κ1) is 23.0. The fraction of sp³-hybridized carbons (Fsp3) is 0.250. The van der Waals surface area contributed by atoms with Gasteiger partial charge in [-0.3, -0.25) is 0 Å². The zero-order chi connectivity index (χ0) is 22.4. The summed E-state index contributed by atoms with van der Waals surface area (Å²) < 4.78 is 54.3. The molecule has 0 saturated carbocycles. The SMILES string of the molecule is COC(Oc1cc([S+](c2ccccc2)c2ccccc2)ccc1OC(F)(F)F)C(C)C. The Labute approximate surface area is 183 Å². The molecule has 0 fully saturated rings. The summed E-state index contributed by atoms with van der Waals surface area (Å²) in [6, 6.07) is 24.2. The Bertz CT molecular complexity index is 923. The van der Waals surface area contributed by atoms with Crippen molar-refractivity contribution in [2.24, 2.45) is 5.92 Å². The maximum atomic E-state index is 13.0. The lowest BCUT2D eigenvalue weighted by atomic mass is 10.2. The zero-order valence-electron chi connectivity index (χ0n) is 17.4. The average molecular weight is 450 g/mol. The van der Waals surface area contributed by atoms with Crippen molar-refractivity contribution >= 4 is 10.9 Å². The molecule has 3 nitrogen and oxygen atoms in total. The molecule has 3 rings (SSSR count). The maximum Gasteiger partial charge on any atom is 0.573 e. The van der Waals surface area contributed by atoms with Gasteiger partial charge in [0.2, 0.25) is 6.29 Å². The lowest BCUT2D eigenvalue weighted by molar-refractivity contribution is -0.275. The summed E-state index contributed by atoms with van der Waals surface area (Å²) in [6.45, 7) is 3.72. The Balaban J connectivity index is 2.10. The Morgan fingerprint density at radius 1 is 0.742 bits per heavy atom. The van der Waals surface area contributed by atoms with E-state index in [1.54, 1.807) is 12.1 Å². The molecule has 0 spiro atoms. The first-order chi connectivity index (χ1) is 14.8. The van der Waals surface area contributed by atoms with Crippen LogP contribution in [0.1, 0.15) is 13.8 Å². The molecule has 0 bridgehead atoms. The molecule has 0 radical (unpaired) electrons. The van der Waals surface area contributed by atoms with Crippen LogP contribution in [0.15, 0.2) is 93.5 Å². The molecule has 0 aromatic heterocycles. The fourth-order valence-corrected chi connectivity index (χ4v) is 5.12. The number of hydrogen-bond donors (Lipinski definition) is 0. The number of hydrogen-bond acceptors (Lipinski definition) is 3. The van der Waals surface area contributed by atoms with E-state index in [9.17, 15) is 13.2 Å². The van der Waals surface area contributed by atoms with Gasteiger partial charge in [0.05, 0.1) is 10.9 Å². The van der Waals surface area contributed by atoms with Crippen molar-refractivity contribution in [1.82, 2.24) is 0 Å². The van der Waals surface area contributed by atoms with Crippen molar-refractivity contribution in [1.29, 1.82) is 0 Å². The van der Waals surface area contributed by atoms with Gasteiger partial charge in [0.15, 0.2) is 26.2 Å². The van der Waals surface area contributed by atoms with Crippen molar-refractivity contribution in [3.05, 3.63) is 78.9 Å². The Kier molecular flexibility index (Phi) is 7.51. The Morgan fingerprint density at radius 2 is 1.29 bits per heavy atom. The van der Waals surface area contributed by atoms with Crippen LogP contribution in [-0.4, -0.2) is 19.8 Å². The van der Waals surface area contributed by atoms with Crippen LogP contribution in [0.4, 0.5) is 13.2 Å². The first-order valence-electron chi connectivity index (χ1n) is 9.72. The van der Waals surface area contributed by atoms with Gasteiger partial charge in [-0.2, -0.15) is 0 Å². The van der Waals surface area contributed by atoms with Crippen molar-refractivity contribution in [2.45, 2.75) is 41.2 Å². The molecule has 0 aliphatic rings. The second kappa shape index (κ2) is 10.1. The predicted molar refractivity (Wildman–Crippen MR) is 114 cm³/mol. The van der Waals surface area contributed by atoms with E-state index in [0.29, 0.717) is 0 Å². The highest BCUT2D eigenvalue weighted by atomic mass is 32.2. The van der Waals surface area contributed by atoms with E-state index in [-0.39, 0.29) is 11.7 Å². The van der Waals surface area contributed by atoms with E-state index in [1.807, 2.05) is 74.5 Å². The highest BCUT2D eigenvalue weighted by molar-refractivity contribution is 7.97. The number of alkyl halides is 3. The van der Waals surface area contributed by atoms with Crippen LogP contribution in [0, 0.1) is 5.92 Å². The highest BCUT2D eigenvalue weighted by Gasteiger charge is 2.35. The highest BCUT2D eigenvalue weighted by Crippen LogP contribution is 2.39. The lowest BCUT2D eigenvalue weighted by Gasteiger charge is -2.23. The van der Waals surface area contributed by atoms with Crippen molar-refractivity contribution in [3.63, 3.8) is 0 Å². The molecule has 1 unspecified atom stereocenters. The molecular weight excluding hydrogens is 425 g/mol. The van der Waals surface area contributed by atoms with Gasteiger partial charge in [0.1, 0.15) is 0 Å². The second-order valence-electron chi connectivity index (χ2n) is 7.05. The third-order valence-electron chi connectivity index (χ3n) is 4.35. The van der Waals surface area contributed by atoms with Gasteiger partial charge >= 0.3 is 6.36 Å². The number of methoxy groups -OCH3 is 1. The minimum Gasteiger partial charge on any atom is -0.461 e. The Hall–Kier alpha value is -2.64. The summed E-state index contributed by atoms with van der Waals surface area (Å²) in [5.74, 6) is -0.489. The van der Waals surface area contributed by atoms with Crippen LogP contribution < -0.4 is 9.47 Å². The number of benzene rings is 3. The normalized spacial score (nSPS) is 12.8. The van der Waals surface area contributed by atoms with Crippen molar-refractivity contribution in [2.75, 3.05) is 7.11 Å². The maximum absolute atomic E-state index is 13.0. The molecule has 0 aliphatic heterocycles. The smallest absolute Gasteiger partial charge is 0.461 e. The third kappa shape index (κ3) is 6.18. The number of rotatable bonds is 8.